The molecule has 1 aliphatic rings. The monoisotopic (exact) mass is 289 g/mol. The van der Waals surface area contributed by atoms with Crippen LogP contribution in [-0.4, -0.2) is 29.7 Å². The van der Waals surface area contributed by atoms with Crippen LogP contribution in [0, 0.1) is 0 Å². The van der Waals surface area contributed by atoms with Crippen molar-refractivity contribution in [1.29, 1.82) is 0 Å². The number of carbonyl (C=O) groups excluding carboxylic acids is 1. The number of carboxylic acids is 1. The number of rotatable bonds is 4. The first-order valence-electron chi connectivity index (χ1n) is 6.80. The Morgan fingerprint density at radius 1 is 1.33 bits per heavy atom. The molecule has 0 spiro atoms. The lowest BCUT2D eigenvalue weighted by Crippen LogP contribution is -2.19. The van der Waals surface area contributed by atoms with Gasteiger partial charge in [0, 0.05) is 17.7 Å². The van der Waals surface area contributed by atoms with E-state index in [2.05, 4.69) is 5.32 Å². The van der Waals surface area contributed by atoms with Gasteiger partial charge >= 0.3 is 5.97 Å². The molecule has 0 bridgehead atoms. The Morgan fingerprint density at radius 2 is 2.19 bits per heavy atom. The van der Waals surface area contributed by atoms with E-state index in [1.807, 2.05) is 0 Å². The van der Waals surface area contributed by atoms with Crippen LogP contribution in [-0.2, 0) is 9.53 Å². The summed E-state index contributed by atoms with van der Waals surface area (Å²) < 4.78 is 10.6. The molecule has 110 valence electrons. The van der Waals surface area contributed by atoms with Gasteiger partial charge in [-0.15, -0.1) is 0 Å². The molecule has 1 aliphatic heterocycles. The van der Waals surface area contributed by atoms with Crippen LogP contribution in [0.3, 0.4) is 0 Å². The van der Waals surface area contributed by atoms with Crippen LogP contribution in [0.25, 0.3) is 11.0 Å². The molecule has 0 aliphatic carbocycles. The van der Waals surface area contributed by atoms with Gasteiger partial charge in [0.25, 0.3) is 0 Å². The summed E-state index contributed by atoms with van der Waals surface area (Å²) in [7, 11) is 0. The molecule has 2 aromatic rings. The highest BCUT2D eigenvalue weighted by Gasteiger charge is 2.19. The second-order valence-corrected chi connectivity index (χ2v) is 5.06. The van der Waals surface area contributed by atoms with E-state index in [0.717, 1.165) is 19.4 Å². The molecule has 6 heteroatoms. The van der Waals surface area contributed by atoms with Gasteiger partial charge in [-0.3, -0.25) is 4.79 Å². The van der Waals surface area contributed by atoms with Gasteiger partial charge in [0.05, 0.1) is 12.5 Å². The number of hydrogen-bond acceptors (Lipinski definition) is 4. The number of hydrogen-bond donors (Lipinski definition) is 2. The third-order valence-corrected chi connectivity index (χ3v) is 3.45. The zero-order valence-electron chi connectivity index (χ0n) is 11.3. The Morgan fingerprint density at radius 3 is 2.90 bits per heavy atom. The van der Waals surface area contributed by atoms with Crippen LogP contribution in [0.1, 0.15) is 29.8 Å². The molecular formula is C15H15NO5. The van der Waals surface area contributed by atoms with Crippen molar-refractivity contribution in [3.8, 4) is 0 Å². The van der Waals surface area contributed by atoms with Crippen molar-refractivity contribution < 1.29 is 23.8 Å². The average molecular weight is 289 g/mol. The Bertz CT molecular complexity index is 684. The molecule has 1 saturated heterocycles. The highest BCUT2D eigenvalue weighted by Crippen LogP contribution is 2.23. The van der Waals surface area contributed by atoms with E-state index in [4.69, 9.17) is 14.3 Å². The minimum absolute atomic E-state index is 0.00118. The van der Waals surface area contributed by atoms with Crippen molar-refractivity contribution >= 4 is 28.5 Å². The second kappa shape index (κ2) is 5.57. The summed E-state index contributed by atoms with van der Waals surface area (Å²) in [6.45, 7) is 0.719. The van der Waals surface area contributed by atoms with Gasteiger partial charge in [-0.2, -0.15) is 0 Å². The number of nitrogens with one attached hydrogen (secondary N) is 1. The van der Waals surface area contributed by atoms with Crippen molar-refractivity contribution in [3.05, 3.63) is 30.0 Å². The summed E-state index contributed by atoms with van der Waals surface area (Å²) in [6.07, 6.45) is 2.25. The molecule has 0 radical (unpaired) electrons. The van der Waals surface area contributed by atoms with E-state index < -0.39 is 5.97 Å². The summed E-state index contributed by atoms with van der Waals surface area (Å²) in [5, 5.41) is 12.3. The molecule has 0 saturated carbocycles. The normalized spacial score (nSPS) is 18.0. The van der Waals surface area contributed by atoms with Crippen LogP contribution in [0.2, 0.25) is 0 Å². The van der Waals surface area contributed by atoms with Gasteiger partial charge in [0.1, 0.15) is 5.58 Å². The van der Waals surface area contributed by atoms with Gasteiger partial charge in [-0.1, -0.05) is 0 Å². The lowest BCUT2D eigenvalue weighted by Gasteiger charge is -2.09. The Labute approximate surface area is 120 Å². The van der Waals surface area contributed by atoms with Crippen molar-refractivity contribution in [1.82, 2.24) is 0 Å². The molecule has 3 rings (SSSR count). The molecule has 1 amide bonds. The number of benzene rings is 1. The molecule has 21 heavy (non-hydrogen) atoms. The molecule has 6 nitrogen and oxygen atoms in total. The van der Waals surface area contributed by atoms with E-state index in [-0.39, 0.29) is 17.8 Å². The predicted octanol–water partition coefficient (Wildman–Crippen LogP) is 2.64. The number of carbonyl (C=O) groups is 2. The maximum atomic E-state index is 11.9. The molecule has 2 heterocycles. The van der Waals surface area contributed by atoms with E-state index >= 15 is 0 Å². The minimum atomic E-state index is -1.12. The molecule has 1 fully saturated rings. The van der Waals surface area contributed by atoms with E-state index in [1.54, 1.807) is 18.2 Å². The lowest BCUT2D eigenvalue weighted by molar-refractivity contribution is -0.118. The van der Waals surface area contributed by atoms with Crippen LogP contribution in [0.15, 0.2) is 28.7 Å². The van der Waals surface area contributed by atoms with Crippen molar-refractivity contribution in [2.24, 2.45) is 0 Å². The predicted molar refractivity (Wildman–Crippen MR) is 75.4 cm³/mol. The number of ether oxygens (including phenoxy) is 1. The molecule has 1 aromatic carbocycles. The maximum absolute atomic E-state index is 11.9. The summed E-state index contributed by atoms with van der Waals surface area (Å²) in [4.78, 5) is 22.8. The van der Waals surface area contributed by atoms with Crippen molar-refractivity contribution in [3.63, 3.8) is 0 Å². The average Bonchev–Trinajstić information content (AvgIpc) is 3.06. The van der Waals surface area contributed by atoms with Gasteiger partial charge in [-0.25, -0.2) is 4.79 Å². The Hall–Kier alpha value is -2.34. The van der Waals surface area contributed by atoms with Crippen molar-refractivity contribution in [2.45, 2.75) is 25.4 Å². The van der Waals surface area contributed by atoms with Crippen LogP contribution < -0.4 is 5.32 Å². The first kappa shape index (κ1) is 13.6. The summed E-state index contributed by atoms with van der Waals surface area (Å²) in [5.41, 5.74) is 1.09. The number of fused-ring (bicyclic) bond motifs is 1. The quantitative estimate of drug-likeness (QED) is 0.903. The maximum Gasteiger partial charge on any atom is 0.371 e. The van der Waals surface area contributed by atoms with Crippen LogP contribution in [0.4, 0.5) is 5.69 Å². The highest BCUT2D eigenvalue weighted by molar-refractivity contribution is 5.96. The zero-order valence-corrected chi connectivity index (χ0v) is 11.3. The Kier molecular flexibility index (Phi) is 3.62. The number of aromatic carboxylic acids is 1. The first-order chi connectivity index (χ1) is 10.1. The third-order valence-electron chi connectivity index (χ3n) is 3.45. The minimum Gasteiger partial charge on any atom is -0.475 e. The van der Waals surface area contributed by atoms with E-state index in [0.29, 0.717) is 23.1 Å². The largest absolute Gasteiger partial charge is 0.475 e. The summed E-state index contributed by atoms with van der Waals surface area (Å²) in [6, 6.07) is 6.46. The standard InChI is InChI=1S/C15H15NO5/c17-14(8-11-2-1-5-20-11)16-10-3-4-12-9(6-10)7-13(21-12)15(18)19/h3-4,6-7,11H,1-2,5,8H2,(H,16,17)(H,18,19). The number of carboxylic acid groups (broad SMARTS) is 1. The lowest BCUT2D eigenvalue weighted by atomic mass is 10.1. The second-order valence-electron chi connectivity index (χ2n) is 5.06. The summed E-state index contributed by atoms with van der Waals surface area (Å²) >= 11 is 0. The number of anilines is 1. The SMILES string of the molecule is O=C(CC1CCCO1)Nc1ccc2oc(C(=O)O)cc2c1. The fourth-order valence-corrected chi connectivity index (χ4v) is 2.45. The molecule has 1 unspecified atom stereocenters. The number of furan rings is 1. The first-order valence-corrected chi connectivity index (χ1v) is 6.80. The van der Waals surface area contributed by atoms with Crippen molar-refractivity contribution in [2.75, 3.05) is 11.9 Å². The molecular weight excluding hydrogens is 274 g/mol. The van der Waals surface area contributed by atoms with Gasteiger partial charge in [0.15, 0.2) is 0 Å². The third kappa shape index (κ3) is 3.05. The van der Waals surface area contributed by atoms with E-state index in [1.165, 1.54) is 6.07 Å². The summed E-state index contributed by atoms with van der Waals surface area (Å²) in [5.74, 6) is -1.34. The Balaban J connectivity index is 1.71. The molecule has 1 atom stereocenters. The van der Waals surface area contributed by atoms with Crippen LogP contribution >= 0.6 is 0 Å². The molecule has 1 aromatic heterocycles. The topological polar surface area (TPSA) is 88.8 Å². The van der Waals surface area contributed by atoms with Crippen LogP contribution in [0.5, 0.6) is 0 Å². The fraction of sp³-hybridized carbons (Fsp3) is 0.333. The smallest absolute Gasteiger partial charge is 0.371 e. The van der Waals surface area contributed by atoms with Gasteiger partial charge in [0.2, 0.25) is 11.7 Å². The fourth-order valence-electron chi connectivity index (χ4n) is 2.45. The van der Waals surface area contributed by atoms with Gasteiger partial charge < -0.3 is 19.6 Å². The zero-order chi connectivity index (χ0) is 14.8. The highest BCUT2D eigenvalue weighted by atomic mass is 16.5. The van der Waals surface area contributed by atoms with Gasteiger partial charge in [-0.05, 0) is 37.1 Å². The number of amides is 1. The molecule has 2 N–H and O–H groups in total. The van der Waals surface area contributed by atoms with E-state index in [9.17, 15) is 9.59 Å².